The van der Waals surface area contributed by atoms with Crippen molar-refractivity contribution in [3.8, 4) is 5.75 Å². The van der Waals surface area contributed by atoms with Crippen LogP contribution in [0.15, 0.2) is 21.9 Å². The van der Waals surface area contributed by atoms with E-state index < -0.39 is 17.2 Å². The molecule has 4 rings (SSSR count). The van der Waals surface area contributed by atoms with Gasteiger partial charge in [-0.25, -0.2) is 14.6 Å². The molecule has 0 aromatic carbocycles. The first-order chi connectivity index (χ1) is 15.3. The molecule has 0 unspecified atom stereocenters. The van der Waals surface area contributed by atoms with Gasteiger partial charge < -0.3 is 9.47 Å². The molecule has 168 valence electrons. The van der Waals surface area contributed by atoms with Gasteiger partial charge in [-0.05, 0) is 39.7 Å². The molecule has 32 heavy (non-hydrogen) atoms. The molecule has 3 heterocycles. The third-order valence-electron chi connectivity index (χ3n) is 5.86. The molecule has 1 aliphatic rings. The van der Waals surface area contributed by atoms with Crippen LogP contribution in [0.25, 0.3) is 11.0 Å². The Kier molecular flexibility index (Phi) is 5.58. The van der Waals surface area contributed by atoms with Gasteiger partial charge in [0.15, 0.2) is 0 Å². The highest BCUT2D eigenvalue weighted by Crippen LogP contribution is 2.40. The largest absolute Gasteiger partial charge is 0.496 e. The molecule has 0 aliphatic heterocycles. The molecule has 0 atom stereocenters. The molecule has 9 heteroatoms. The second-order valence-corrected chi connectivity index (χ2v) is 8.07. The molecule has 0 amide bonds. The molecule has 3 aromatic heterocycles. The van der Waals surface area contributed by atoms with Crippen LogP contribution in [0.5, 0.6) is 5.75 Å². The molecule has 0 saturated heterocycles. The first-order valence-corrected chi connectivity index (χ1v) is 10.6. The number of fused-ring (bicyclic) bond motifs is 1. The van der Waals surface area contributed by atoms with Gasteiger partial charge in [0, 0.05) is 36.0 Å². The van der Waals surface area contributed by atoms with E-state index in [1.54, 1.807) is 33.3 Å². The molecule has 0 radical (unpaired) electrons. The van der Waals surface area contributed by atoms with E-state index in [1.165, 1.54) is 4.57 Å². The van der Waals surface area contributed by atoms with E-state index in [2.05, 4.69) is 9.97 Å². The minimum absolute atomic E-state index is 0.0590. The second-order valence-electron chi connectivity index (χ2n) is 8.07. The number of nitrogens with zero attached hydrogens (tertiary/aromatic N) is 4. The molecule has 3 aromatic rings. The van der Waals surface area contributed by atoms with Crippen LogP contribution >= 0.6 is 0 Å². The number of carbonyl (C=O) groups is 1. The lowest BCUT2D eigenvalue weighted by molar-refractivity contribution is 0.0528. The number of rotatable bonds is 6. The van der Waals surface area contributed by atoms with Gasteiger partial charge >= 0.3 is 11.7 Å². The first kappa shape index (κ1) is 21.7. The number of methoxy groups -OCH3 is 1. The molecule has 9 nitrogen and oxygen atoms in total. The Morgan fingerprint density at radius 2 is 1.97 bits per heavy atom. The summed E-state index contributed by atoms with van der Waals surface area (Å²) in [5.74, 6) is 0.288. The average molecular weight is 438 g/mol. The number of carbonyl (C=O) groups excluding carboxylic acids is 1. The zero-order chi connectivity index (χ0) is 23.2. The van der Waals surface area contributed by atoms with Crippen molar-refractivity contribution >= 4 is 17.0 Å². The topological polar surface area (TPSA) is 105 Å². The van der Waals surface area contributed by atoms with E-state index in [0.29, 0.717) is 17.1 Å². The Hall–Kier alpha value is -3.49. The van der Waals surface area contributed by atoms with Crippen molar-refractivity contribution in [3.05, 3.63) is 61.2 Å². The third-order valence-corrected chi connectivity index (χ3v) is 5.86. The highest BCUT2D eigenvalue weighted by Gasteiger charge is 2.29. The summed E-state index contributed by atoms with van der Waals surface area (Å²) < 4.78 is 13.0. The van der Waals surface area contributed by atoms with E-state index in [1.807, 2.05) is 13.8 Å². The van der Waals surface area contributed by atoms with E-state index in [0.717, 1.165) is 28.5 Å². The van der Waals surface area contributed by atoms with E-state index in [9.17, 15) is 14.4 Å². The van der Waals surface area contributed by atoms with Gasteiger partial charge in [-0.2, -0.15) is 0 Å². The van der Waals surface area contributed by atoms with Gasteiger partial charge in [-0.15, -0.1) is 0 Å². The van der Waals surface area contributed by atoms with Gasteiger partial charge in [0.2, 0.25) is 0 Å². The average Bonchev–Trinajstić information content (AvgIpc) is 3.61. The SMILES string of the molecule is CCOC(=O)c1cc(C2CC2)nc2c1c(=O)n(Cc1ncc(C)c(OC)c1C)c(=O)n2C. The molecule has 0 N–H and O–H groups in total. The summed E-state index contributed by atoms with van der Waals surface area (Å²) in [6, 6.07) is 1.63. The Morgan fingerprint density at radius 1 is 1.25 bits per heavy atom. The minimum atomic E-state index is -0.601. The first-order valence-electron chi connectivity index (χ1n) is 10.6. The lowest BCUT2D eigenvalue weighted by atomic mass is 10.1. The van der Waals surface area contributed by atoms with Gasteiger partial charge in [0.25, 0.3) is 5.56 Å². The molecule has 1 aliphatic carbocycles. The highest BCUT2D eigenvalue weighted by molar-refractivity contribution is 6.02. The highest BCUT2D eigenvalue weighted by atomic mass is 16.5. The van der Waals surface area contributed by atoms with Crippen LogP contribution < -0.4 is 16.0 Å². The summed E-state index contributed by atoms with van der Waals surface area (Å²) in [5.41, 5.74) is 2.04. The molecule has 1 fully saturated rings. The van der Waals surface area contributed by atoms with Gasteiger partial charge in [0.05, 0.1) is 36.9 Å². The quantitative estimate of drug-likeness (QED) is 0.543. The van der Waals surface area contributed by atoms with Gasteiger partial charge in [0.1, 0.15) is 11.4 Å². The van der Waals surface area contributed by atoms with Crippen LogP contribution in [0.2, 0.25) is 0 Å². The summed E-state index contributed by atoms with van der Waals surface area (Å²) in [4.78, 5) is 48.4. The summed E-state index contributed by atoms with van der Waals surface area (Å²) in [5, 5.41) is 0.0756. The maximum absolute atomic E-state index is 13.5. The van der Waals surface area contributed by atoms with Crippen molar-refractivity contribution in [2.45, 2.75) is 46.1 Å². The number of pyridine rings is 2. The zero-order valence-corrected chi connectivity index (χ0v) is 18.9. The summed E-state index contributed by atoms with van der Waals surface area (Å²) in [6.45, 7) is 5.53. The fourth-order valence-corrected chi connectivity index (χ4v) is 3.98. The number of aromatic nitrogens is 4. The van der Waals surface area contributed by atoms with Crippen molar-refractivity contribution in [2.75, 3.05) is 13.7 Å². The number of aryl methyl sites for hydroxylation is 2. The summed E-state index contributed by atoms with van der Waals surface area (Å²) in [7, 11) is 3.12. The standard InChI is InChI=1S/C23H26N4O5/c1-6-32-22(29)15-9-16(14-7-8-14)25-20-18(15)21(28)27(23(30)26(20)4)11-17-13(3)19(31-5)12(2)10-24-17/h9-10,14H,6-8,11H2,1-5H3. The normalized spacial score (nSPS) is 13.4. The molecule has 0 bridgehead atoms. The second kappa shape index (κ2) is 8.22. The lowest BCUT2D eigenvalue weighted by Crippen LogP contribution is -2.40. The Labute approximate surface area is 184 Å². The van der Waals surface area contributed by atoms with Crippen molar-refractivity contribution in [3.63, 3.8) is 0 Å². The smallest absolute Gasteiger partial charge is 0.339 e. The van der Waals surface area contributed by atoms with Crippen LogP contribution in [0.4, 0.5) is 0 Å². The lowest BCUT2D eigenvalue weighted by Gasteiger charge is -2.16. The van der Waals surface area contributed by atoms with E-state index in [-0.39, 0.29) is 35.7 Å². The maximum atomic E-state index is 13.5. The third kappa shape index (κ3) is 3.57. The van der Waals surface area contributed by atoms with Crippen molar-refractivity contribution in [2.24, 2.45) is 7.05 Å². The Balaban J connectivity index is 1.97. The minimum Gasteiger partial charge on any atom is -0.496 e. The molecular weight excluding hydrogens is 412 g/mol. The fourth-order valence-electron chi connectivity index (χ4n) is 3.98. The number of hydrogen-bond acceptors (Lipinski definition) is 7. The van der Waals surface area contributed by atoms with Gasteiger partial charge in [-0.3, -0.25) is 18.9 Å². The van der Waals surface area contributed by atoms with E-state index >= 15 is 0 Å². The van der Waals surface area contributed by atoms with E-state index in [4.69, 9.17) is 9.47 Å². The van der Waals surface area contributed by atoms with Gasteiger partial charge in [-0.1, -0.05) is 0 Å². The number of hydrogen-bond donors (Lipinski definition) is 0. The zero-order valence-electron chi connectivity index (χ0n) is 18.9. The number of ether oxygens (including phenoxy) is 2. The van der Waals surface area contributed by atoms with Crippen molar-refractivity contribution < 1.29 is 14.3 Å². The van der Waals surface area contributed by atoms with Crippen molar-refractivity contribution in [1.82, 2.24) is 19.1 Å². The predicted octanol–water partition coefficient (Wildman–Crippen LogP) is 2.22. The summed E-state index contributed by atoms with van der Waals surface area (Å²) in [6.07, 6.45) is 3.57. The number of esters is 1. The molecular formula is C23H26N4O5. The predicted molar refractivity (Wildman–Crippen MR) is 119 cm³/mol. The Morgan fingerprint density at radius 3 is 2.59 bits per heavy atom. The maximum Gasteiger partial charge on any atom is 0.339 e. The van der Waals surface area contributed by atoms with Crippen LogP contribution in [0.1, 0.15) is 58.6 Å². The van der Waals surface area contributed by atoms with Crippen molar-refractivity contribution in [1.29, 1.82) is 0 Å². The molecule has 0 spiro atoms. The van der Waals surface area contributed by atoms with Crippen LogP contribution in [0.3, 0.4) is 0 Å². The monoisotopic (exact) mass is 438 g/mol. The van der Waals surface area contributed by atoms with Crippen LogP contribution in [-0.2, 0) is 18.3 Å². The fraction of sp³-hybridized carbons (Fsp3) is 0.435. The van der Waals surface area contributed by atoms with Crippen LogP contribution in [-0.4, -0.2) is 38.8 Å². The van der Waals surface area contributed by atoms with Crippen LogP contribution in [0, 0.1) is 13.8 Å². The molecule has 1 saturated carbocycles. The summed E-state index contributed by atoms with van der Waals surface area (Å²) >= 11 is 0. The Bertz CT molecular complexity index is 1350.